The van der Waals surface area contributed by atoms with Gasteiger partial charge in [0.15, 0.2) is 0 Å². The van der Waals surface area contributed by atoms with Crippen LogP contribution in [0.4, 0.5) is 5.69 Å². The molecule has 2 rings (SSSR count). The Labute approximate surface area is 116 Å². The molecule has 1 N–H and O–H groups in total. The van der Waals surface area contributed by atoms with Crippen molar-refractivity contribution in [2.45, 2.75) is 39.3 Å². The molecule has 1 heterocycles. The molecule has 0 radical (unpaired) electrons. The normalized spacial score (nSPS) is 17.6. The SMILES string of the molecule is CCN(CC)c1ccc(CN2CCC(O)CC2)cc1. The first-order valence-electron chi connectivity index (χ1n) is 7.47. The number of aliphatic hydroxyl groups excluding tert-OH is 1. The molecular formula is C16H26N2O. The molecule has 3 nitrogen and oxygen atoms in total. The van der Waals surface area contributed by atoms with E-state index in [2.05, 4.69) is 47.9 Å². The van der Waals surface area contributed by atoms with Gasteiger partial charge in [0.25, 0.3) is 0 Å². The molecule has 3 heteroatoms. The summed E-state index contributed by atoms with van der Waals surface area (Å²) < 4.78 is 0. The Bertz CT molecular complexity index is 365. The lowest BCUT2D eigenvalue weighted by atomic mass is 10.1. The van der Waals surface area contributed by atoms with Gasteiger partial charge in [0, 0.05) is 38.4 Å². The minimum absolute atomic E-state index is 0.0821. The second-order valence-corrected chi connectivity index (χ2v) is 5.35. The molecule has 1 aliphatic heterocycles. The van der Waals surface area contributed by atoms with Crippen LogP contribution in [0.2, 0.25) is 0 Å². The van der Waals surface area contributed by atoms with Gasteiger partial charge in [0.2, 0.25) is 0 Å². The lowest BCUT2D eigenvalue weighted by Gasteiger charge is -2.29. The molecule has 106 valence electrons. The Kier molecular flexibility index (Phi) is 5.23. The van der Waals surface area contributed by atoms with Crippen LogP contribution in [-0.2, 0) is 6.54 Å². The Morgan fingerprint density at radius 1 is 1.11 bits per heavy atom. The monoisotopic (exact) mass is 262 g/mol. The van der Waals surface area contributed by atoms with Gasteiger partial charge in [0.1, 0.15) is 0 Å². The number of anilines is 1. The standard InChI is InChI=1S/C16H26N2O/c1-3-18(4-2)15-7-5-14(6-8-15)13-17-11-9-16(19)10-12-17/h5-8,16,19H,3-4,9-13H2,1-2H3. The quantitative estimate of drug-likeness (QED) is 0.883. The van der Waals surface area contributed by atoms with E-state index in [0.717, 1.165) is 45.6 Å². The maximum absolute atomic E-state index is 9.51. The fraction of sp³-hybridized carbons (Fsp3) is 0.625. The Morgan fingerprint density at radius 3 is 2.21 bits per heavy atom. The lowest BCUT2D eigenvalue weighted by Crippen LogP contribution is -2.35. The summed E-state index contributed by atoms with van der Waals surface area (Å²) in [6, 6.07) is 8.92. The zero-order chi connectivity index (χ0) is 13.7. The highest BCUT2D eigenvalue weighted by molar-refractivity contribution is 5.47. The van der Waals surface area contributed by atoms with Crippen molar-refractivity contribution >= 4 is 5.69 Å². The molecule has 1 aromatic rings. The van der Waals surface area contributed by atoms with E-state index in [1.54, 1.807) is 0 Å². The summed E-state index contributed by atoms with van der Waals surface area (Å²) in [5.41, 5.74) is 2.68. The van der Waals surface area contributed by atoms with Crippen molar-refractivity contribution in [1.82, 2.24) is 4.90 Å². The summed E-state index contributed by atoms with van der Waals surface area (Å²) in [5, 5.41) is 9.51. The molecule has 0 atom stereocenters. The van der Waals surface area contributed by atoms with Crippen LogP contribution in [0.15, 0.2) is 24.3 Å². The molecule has 0 bridgehead atoms. The van der Waals surface area contributed by atoms with Crippen molar-refractivity contribution in [3.05, 3.63) is 29.8 Å². The fourth-order valence-electron chi connectivity index (χ4n) is 2.74. The third-order valence-corrected chi connectivity index (χ3v) is 4.03. The average Bonchev–Trinajstić information content (AvgIpc) is 2.44. The smallest absolute Gasteiger partial charge is 0.0564 e. The van der Waals surface area contributed by atoms with Crippen molar-refractivity contribution in [3.8, 4) is 0 Å². The molecule has 0 amide bonds. The third kappa shape index (κ3) is 3.95. The van der Waals surface area contributed by atoms with E-state index in [0.29, 0.717) is 0 Å². The van der Waals surface area contributed by atoms with Crippen molar-refractivity contribution < 1.29 is 5.11 Å². The highest BCUT2D eigenvalue weighted by atomic mass is 16.3. The summed E-state index contributed by atoms with van der Waals surface area (Å²) >= 11 is 0. The van der Waals surface area contributed by atoms with Crippen LogP contribution in [0.25, 0.3) is 0 Å². The highest BCUT2D eigenvalue weighted by Crippen LogP contribution is 2.18. The molecule has 1 fully saturated rings. The first-order valence-corrected chi connectivity index (χ1v) is 7.47. The molecule has 1 aliphatic rings. The second kappa shape index (κ2) is 6.92. The maximum atomic E-state index is 9.51. The van der Waals surface area contributed by atoms with Crippen LogP contribution in [0, 0.1) is 0 Å². The summed E-state index contributed by atoms with van der Waals surface area (Å²) in [5.74, 6) is 0. The number of piperidine rings is 1. The van der Waals surface area contributed by atoms with Gasteiger partial charge in [-0.2, -0.15) is 0 Å². The number of aliphatic hydroxyl groups is 1. The van der Waals surface area contributed by atoms with E-state index in [1.807, 2.05) is 0 Å². The van der Waals surface area contributed by atoms with Crippen molar-refractivity contribution in [3.63, 3.8) is 0 Å². The van der Waals surface area contributed by atoms with Crippen molar-refractivity contribution in [1.29, 1.82) is 0 Å². The van der Waals surface area contributed by atoms with Crippen molar-refractivity contribution in [2.24, 2.45) is 0 Å². The summed E-state index contributed by atoms with van der Waals surface area (Å²) in [7, 11) is 0. The number of hydrogen-bond donors (Lipinski definition) is 1. The van der Waals surface area contributed by atoms with E-state index in [4.69, 9.17) is 0 Å². The third-order valence-electron chi connectivity index (χ3n) is 4.03. The van der Waals surface area contributed by atoms with E-state index < -0.39 is 0 Å². The van der Waals surface area contributed by atoms with Crippen LogP contribution < -0.4 is 4.90 Å². The van der Waals surface area contributed by atoms with Gasteiger partial charge in [-0.3, -0.25) is 4.90 Å². The van der Waals surface area contributed by atoms with Crippen LogP contribution in [0.3, 0.4) is 0 Å². The molecule has 0 unspecified atom stereocenters. The number of likely N-dealkylation sites (tertiary alicyclic amines) is 1. The predicted octanol–water partition coefficient (Wildman–Crippen LogP) is 2.49. The average molecular weight is 262 g/mol. The summed E-state index contributed by atoms with van der Waals surface area (Å²) in [6.07, 6.45) is 1.75. The molecular weight excluding hydrogens is 236 g/mol. The van der Waals surface area contributed by atoms with E-state index in [9.17, 15) is 5.11 Å². The van der Waals surface area contributed by atoms with Gasteiger partial charge in [0.05, 0.1) is 6.10 Å². The molecule has 1 saturated heterocycles. The zero-order valence-corrected chi connectivity index (χ0v) is 12.2. The van der Waals surface area contributed by atoms with E-state index in [1.165, 1.54) is 11.3 Å². The molecule has 0 aromatic heterocycles. The van der Waals surface area contributed by atoms with Crippen LogP contribution in [0.5, 0.6) is 0 Å². The Hall–Kier alpha value is -1.06. The second-order valence-electron chi connectivity index (χ2n) is 5.35. The fourth-order valence-corrected chi connectivity index (χ4v) is 2.74. The first-order chi connectivity index (χ1) is 9.22. The van der Waals surface area contributed by atoms with Gasteiger partial charge in [-0.05, 0) is 44.4 Å². The molecule has 0 aliphatic carbocycles. The maximum Gasteiger partial charge on any atom is 0.0564 e. The predicted molar refractivity (Wildman–Crippen MR) is 80.5 cm³/mol. The molecule has 0 saturated carbocycles. The van der Waals surface area contributed by atoms with E-state index >= 15 is 0 Å². The Morgan fingerprint density at radius 2 is 1.68 bits per heavy atom. The van der Waals surface area contributed by atoms with Gasteiger partial charge in [-0.25, -0.2) is 0 Å². The van der Waals surface area contributed by atoms with Gasteiger partial charge >= 0.3 is 0 Å². The van der Waals surface area contributed by atoms with Crippen LogP contribution in [-0.4, -0.2) is 42.3 Å². The highest BCUT2D eigenvalue weighted by Gasteiger charge is 2.16. The minimum atomic E-state index is -0.0821. The summed E-state index contributed by atoms with van der Waals surface area (Å²) in [4.78, 5) is 4.79. The number of nitrogens with zero attached hydrogens (tertiary/aromatic N) is 2. The lowest BCUT2D eigenvalue weighted by molar-refractivity contribution is 0.0792. The van der Waals surface area contributed by atoms with Gasteiger partial charge in [-0.15, -0.1) is 0 Å². The Balaban J connectivity index is 1.91. The first kappa shape index (κ1) is 14.4. The number of hydrogen-bond acceptors (Lipinski definition) is 3. The largest absolute Gasteiger partial charge is 0.393 e. The minimum Gasteiger partial charge on any atom is -0.393 e. The van der Waals surface area contributed by atoms with Crippen LogP contribution in [0.1, 0.15) is 32.3 Å². The zero-order valence-electron chi connectivity index (χ0n) is 12.2. The number of benzene rings is 1. The molecule has 19 heavy (non-hydrogen) atoms. The summed E-state index contributed by atoms with van der Waals surface area (Å²) in [6.45, 7) is 9.52. The van der Waals surface area contributed by atoms with Gasteiger partial charge < -0.3 is 10.0 Å². The van der Waals surface area contributed by atoms with Gasteiger partial charge in [-0.1, -0.05) is 12.1 Å². The van der Waals surface area contributed by atoms with Crippen molar-refractivity contribution in [2.75, 3.05) is 31.1 Å². The number of rotatable bonds is 5. The topological polar surface area (TPSA) is 26.7 Å². The molecule has 1 aromatic carbocycles. The van der Waals surface area contributed by atoms with Crippen LogP contribution >= 0.6 is 0 Å². The van der Waals surface area contributed by atoms with E-state index in [-0.39, 0.29) is 6.10 Å². The molecule has 0 spiro atoms.